The molecule has 22 aromatic carbocycles. The number of thiophene rings is 5. The first-order chi connectivity index (χ1) is 70.0. The number of hydrogen-bond acceptors (Lipinski definition) is 5. The summed E-state index contributed by atoms with van der Waals surface area (Å²) < 4.78 is 16.8. The van der Waals surface area contributed by atoms with Crippen molar-refractivity contribution in [1.29, 1.82) is 0 Å². The number of rotatable bonds is 5. The average molecular weight is 1920 g/mol. The van der Waals surface area contributed by atoms with Crippen LogP contribution < -0.4 is 0 Å². The van der Waals surface area contributed by atoms with Crippen LogP contribution in [-0.4, -0.2) is 4.57 Å². The third kappa shape index (κ3) is 15.9. The predicted octanol–water partition coefficient (Wildman–Crippen LogP) is 42.4. The second-order valence-corrected chi connectivity index (χ2v) is 44.4. The Bertz CT molecular complexity index is 9770. The molecule has 6 heterocycles. The normalized spacial score (nSPS) is 13.2. The highest BCUT2D eigenvalue weighted by atomic mass is 32.1. The van der Waals surface area contributed by atoms with Crippen molar-refractivity contribution < 1.29 is 0 Å². The second kappa shape index (κ2) is 37.9. The minimum atomic E-state index is 0.749. The molecule has 0 saturated heterocycles. The van der Waals surface area contributed by atoms with Crippen LogP contribution >= 0.6 is 56.7 Å². The van der Waals surface area contributed by atoms with Gasteiger partial charge in [-0.25, -0.2) is 0 Å². The van der Waals surface area contributed by atoms with Gasteiger partial charge in [0.1, 0.15) is 0 Å². The molecule has 0 atom stereocenters. The highest BCUT2D eigenvalue weighted by Gasteiger charge is 2.27. The molecule has 2 fully saturated rings. The molecule has 0 amide bonds. The lowest BCUT2D eigenvalue weighted by Gasteiger charge is -2.23. The fraction of sp³-hybridized carbons (Fsp3) is 0.132. The van der Waals surface area contributed by atoms with E-state index < -0.39 is 0 Å². The first-order valence-electron chi connectivity index (χ1n) is 50.6. The van der Waals surface area contributed by atoms with Crippen LogP contribution in [0.15, 0.2) is 406 Å². The van der Waals surface area contributed by atoms with Gasteiger partial charge in [0.2, 0.25) is 0 Å². The van der Waals surface area contributed by atoms with E-state index in [4.69, 9.17) is 0 Å². The van der Waals surface area contributed by atoms with Gasteiger partial charge in [0, 0.05) is 128 Å². The lowest BCUT2D eigenvalue weighted by atomic mass is 9.82. The molecule has 2 aliphatic carbocycles. The number of aryl methyl sites for hydroxylation is 6. The van der Waals surface area contributed by atoms with Crippen molar-refractivity contribution in [3.05, 3.63) is 451 Å². The summed E-state index contributed by atoms with van der Waals surface area (Å²) >= 11 is 9.83. The fourth-order valence-electron chi connectivity index (χ4n) is 23.7. The molecule has 0 aliphatic heterocycles. The van der Waals surface area contributed by atoms with E-state index in [-0.39, 0.29) is 0 Å². The molecule has 6 aromatic heterocycles. The molecular formula is C136H107NS5. The molecule has 6 heteroatoms. The van der Waals surface area contributed by atoms with Gasteiger partial charge in [-0.3, -0.25) is 0 Å². The van der Waals surface area contributed by atoms with Crippen molar-refractivity contribution in [3.8, 4) is 27.9 Å². The lowest BCUT2D eigenvalue weighted by molar-refractivity contribution is 0.446. The lowest BCUT2D eigenvalue weighted by Crippen LogP contribution is -2.04. The Hall–Kier alpha value is -14.4. The van der Waals surface area contributed by atoms with E-state index in [2.05, 4.69) is 453 Å². The summed E-state index contributed by atoms with van der Waals surface area (Å²) in [5.41, 5.74) is 20.4. The molecule has 0 N–H and O–H groups in total. The van der Waals surface area contributed by atoms with Gasteiger partial charge in [0.05, 0.1) is 11.0 Å². The van der Waals surface area contributed by atoms with Crippen LogP contribution in [0, 0.1) is 41.5 Å². The van der Waals surface area contributed by atoms with Crippen LogP contribution in [0.1, 0.15) is 121 Å². The van der Waals surface area contributed by atoms with Crippen molar-refractivity contribution in [2.45, 2.75) is 118 Å². The van der Waals surface area contributed by atoms with Gasteiger partial charge in [0.25, 0.3) is 0 Å². The van der Waals surface area contributed by atoms with E-state index in [9.17, 15) is 0 Å². The van der Waals surface area contributed by atoms with Crippen molar-refractivity contribution in [3.63, 3.8) is 0 Å². The fourth-order valence-corrected chi connectivity index (χ4v) is 30.4. The molecule has 2 aliphatic rings. The van der Waals surface area contributed by atoms with Crippen molar-refractivity contribution in [1.82, 2.24) is 4.57 Å². The van der Waals surface area contributed by atoms with Gasteiger partial charge in [-0.2, -0.15) is 0 Å². The molecule has 0 unspecified atom stereocenters. The van der Waals surface area contributed by atoms with Gasteiger partial charge >= 0.3 is 0 Å². The van der Waals surface area contributed by atoms with Crippen molar-refractivity contribution >= 4 is 255 Å². The molecule has 142 heavy (non-hydrogen) atoms. The van der Waals surface area contributed by atoms with Crippen LogP contribution in [0.25, 0.3) is 226 Å². The van der Waals surface area contributed by atoms with Crippen molar-refractivity contribution in [2.75, 3.05) is 0 Å². The summed E-state index contributed by atoms with van der Waals surface area (Å²) in [5, 5.41) is 35.9. The van der Waals surface area contributed by atoms with Gasteiger partial charge in [0.15, 0.2) is 0 Å². The molecule has 0 bridgehead atoms. The van der Waals surface area contributed by atoms with Crippen LogP contribution in [0.5, 0.6) is 0 Å². The van der Waals surface area contributed by atoms with E-state index in [1.54, 1.807) is 20.5 Å². The Kier molecular flexibility index (Phi) is 23.7. The number of fused-ring (bicyclic) bond motifs is 33. The number of benzene rings is 22. The SMILES string of the molecule is Cc1cc2ccccc2c2c1sc1c(-c3ccccc3)cccc12.Cc1cc2ccccc2c2c1sc1c(C3CCCCC3)cccc12.Cc1ccc2c3c4ccccc4ccc3n(-c3ccccc3)c2c1.Cc1cccc2c1sc1c(-c3ccccc3)cc3ccccc3c12.Cc1cccc2c1sc1c(C3CCCCC3)cc3ccccc3c12.Cc1cccc2c1sc1c3ccccc3c3ccccc3c21. The van der Waals surface area contributed by atoms with Crippen LogP contribution in [0.2, 0.25) is 0 Å². The number of hydrogen-bond donors (Lipinski definition) is 0. The molecular weight excluding hydrogens is 1810 g/mol. The maximum atomic E-state index is 2.50. The van der Waals surface area contributed by atoms with E-state index in [1.807, 2.05) is 56.7 Å². The molecule has 686 valence electrons. The minimum absolute atomic E-state index is 0.749. The molecule has 1 nitrogen and oxygen atoms in total. The van der Waals surface area contributed by atoms with Crippen LogP contribution in [0.3, 0.4) is 0 Å². The largest absolute Gasteiger partial charge is 0.309 e. The first-order valence-corrected chi connectivity index (χ1v) is 54.7. The van der Waals surface area contributed by atoms with E-state index in [0.29, 0.717) is 0 Å². The maximum Gasteiger partial charge on any atom is 0.0547 e. The molecule has 0 radical (unpaired) electrons. The molecule has 2 saturated carbocycles. The summed E-state index contributed by atoms with van der Waals surface area (Å²) in [7, 11) is 0. The predicted molar refractivity (Wildman–Crippen MR) is 631 cm³/mol. The van der Waals surface area contributed by atoms with Gasteiger partial charge < -0.3 is 4.57 Å². The van der Waals surface area contributed by atoms with E-state index in [1.165, 1.54) is 314 Å². The summed E-state index contributed by atoms with van der Waals surface area (Å²) in [5.74, 6) is 1.52. The van der Waals surface area contributed by atoms with Gasteiger partial charge in [-0.05, 0) is 259 Å². The van der Waals surface area contributed by atoms with Gasteiger partial charge in [-0.1, -0.05) is 396 Å². The third-order valence-corrected chi connectivity index (χ3v) is 37.3. The zero-order valence-electron chi connectivity index (χ0n) is 80.9. The second-order valence-electron chi connectivity index (χ2n) is 39.3. The Balaban J connectivity index is 0.0000000896. The van der Waals surface area contributed by atoms with Gasteiger partial charge in [-0.15, -0.1) is 56.7 Å². The van der Waals surface area contributed by atoms with E-state index in [0.717, 1.165) is 11.8 Å². The topological polar surface area (TPSA) is 4.93 Å². The number of aromatic nitrogens is 1. The summed E-state index contributed by atoms with van der Waals surface area (Å²) in [6.45, 7) is 13.3. The quantitative estimate of drug-likeness (QED) is 0.151. The summed E-state index contributed by atoms with van der Waals surface area (Å²) in [4.78, 5) is 0. The minimum Gasteiger partial charge on any atom is -0.309 e. The van der Waals surface area contributed by atoms with E-state index >= 15 is 0 Å². The summed E-state index contributed by atoms with van der Waals surface area (Å²) in [6.07, 6.45) is 13.9. The first kappa shape index (κ1) is 88.9. The number of para-hydroxylation sites is 1. The Labute approximate surface area is 848 Å². The Morgan fingerprint density at radius 1 is 0.190 bits per heavy atom. The van der Waals surface area contributed by atoms with Crippen LogP contribution in [-0.2, 0) is 0 Å². The maximum absolute atomic E-state index is 2.50. The standard InChI is InChI=1S/C23H17N.C23H22S.C23H16S.C23H22S.C23H16S.C21H14S/c1-16-11-13-20-22(15-16)24(18-8-3-2-4-9-18)21-14-12-17-7-5-6-10-19(17)23(20)21;2*1-15-8-7-13-19-21-18-12-6-5-11-17(18)14-20(23(21)24-22(15)19)16-9-3-2-4-10-16;2*1-15-14-17-10-5-6-11-18(17)21-20-13-7-12-19(23(20)24-22(15)21)16-8-3-2-4-9-16;1-13-7-6-12-18-19-16-10-4-2-8-14(16)15-9-3-5-11-17(15)21(19)22-20(13)18/h2-15H,1H3;5-8,11-14,16H,2-4,9-10H2,1H3;2-14H,1H3;5-7,10-14,16H,2-4,8-9H2,1H3;2-14H,1H3;2-12H,1H3. The zero-order valence-corrected chi connectivity index (χ0v) is 85.0. The monoisotopic (exact) mass is 1910 g/mol. The molecule has 0 spiro atoms. The highest BCUT2D eigenvalue weighted by molar-refractivity contribution is 7.28. The summed E-state index contributed by atoms with van der Waals surface area (Å²) in [6, 6.07) is 148. The van der Waals surface area contributed by atoms with Crippen molar-refractivity contribution in [2.24, 2.45) is 0 Å². The number of nitrogens with zero attached hydrogens (tertiary/aromatic N) is 1. The Morgan fingerprint density at radius 2 is 0.556 bits per heavy atom. The smallest absolute Gasteiger partial charge is 0.0547 e. The average Bonchev–Trinajstić information content (AvgIpc) is 1.56. The highest BCUT2D eigenvalue weighted by Crippen LogP contribution is 2.53. The Morgan fingerprint density at radius 3 is 1.10 bits per heavy atom. The van der Waals surface area contributed by atoms with Crippen LogP contribution in [0.4, 0.5) is 0 Å². The molecule has 28 aromatic rings. The molecule has 30 rings (SSSR count). The zero-order chi connectivity index (χ0) is 95.2. The third-order valence-electron chi connectivity index (χ3n) is 30.4.